The lowest BCUT2D eigenvalue weighted by atomic mass is 9.63. The molecule has 2 fully saturated rings. The van der Waals surface area contributed by atoms with Crippen molar-refractivity contribution in [3.63, 3.8) is 0 Å². The third-order valence-corrected chi connectivity index (χ3v) is 7.41. The molecule has 172 valence electrons. The number of allylic oxidation sites excluding steroid dienone is 5. The highest BCUT2D eigenvalue weighted by atomic mass is 16.5. The Morgan fingerprint density at radius 3 is 2.33 bits per heavy atom. The van der Waals surface area contributed by atoms with Crippen LogP contribution in [-0.4, -0.2) is 18.2 Å². The molecule has 2 heteroatoms. The van der Waals surface area contributed by atoms with Crippen molar-refractivity contribution in [2.24, 2.45) is 29.6 Å². The first-order chi connectivity index (χ1) is 13.6. The van der Waals surface area contributed by atoms with E-state index in [1.807, 2.05) is 13.2 Å². The van der Waals surface area contributed by atoms with Gasteiger partial charge in [0.1, 0.15) is 0 Å². The molecule has 3 aliphatic rings. The van der Waals surface area contributed by atoms with Gasteiger partial charge >= 0.3 is 0 Å². The predicted octanol–water partition coefficient (Wildman–Crippen LogP) is 7.47. The second-order valence-corrected chi connectivity index (χ2v) is 8.98. The van der Waals surface area contributed by atoms with Crippen LogP contribution in [-0.2, 0) is 4.74 Å². The molecular weight excluding hydrogens is 368 g/mol. The average molecular weight is 417 g/mol. The van der Waals surface area contributed by atoms with Crippen molar-refractivity contribution in [2.75, 3.05) is 7.11 Å². The minimum absolute atomic E-state index is 0. The molecule has 0 saturated heterocycles. The molecule has 0 aromatic rings. The van der Waals surface area contributed by atoms with Gasteiger partial charge in [-0.2, -0.15) is 0 Å². The fourth-order valence-corrected chi connectivity index (χ4v) is 5.28. The highest BCUT2D eigenvalue weighted by molar-refractivity contribution is 5.27. The van der Waals surface area contributed by atoms with Crippen LogP contribution in [0, 0.1) is 29.6 Å². The predicted molar refractivity (Wildman–Crippen MR) is 132 cm³/mol. The van der Waals surface area contributed by atoms with E-state index in [9.17, 15) is 0 Å². The number of rotatable bonds is 10. The molecule has 2 nitrogen and oxygen atoms in total. The molecule has 0 amide bonds. The maximum atomic E-state index is 5.99. The molecule has 0 spiro atoms. The Morgan fingerprint density at radius 1 is 1.20 bits per heavy atom. The highest BCUT2D eigenvalue weighted by Gasteiger charge is 2.65. The lowest BCUT2D eigenvalue weighted by Crippen LogP contribution is -2.34. The Labute approximate surface area is 187 Å². The molecule has 3 rings (SSSR count). The number of hydrogen-bond donors (Lipinski definition) is 0. The number of unbranched alkanes of at least 4 members (excludes halogenated alkanes) is 1. The Morgan fingerprint density at radius 2 is 1.90 bits per heavy atom. The number of methoxy groups -OCH3 is 1. The Hall–Kier alpha value is -1.30. The lowest BCUT2D eigenvalue weighted by Gasteiger charge is -2.42. The Kier molecular flexibility index (Phi) is 13.3. The normalized spacial score (nSPS) is 31.2. The summed E-state index contributed by atoms with van der Waals surface area (Å²) in [7, 11) is 1.89. The second kappa shape index (κ2) is 13.9. The van der Waals surface area contributed by atoms with Gasteiger partial charge in [-0.15, -0.1) is 6.58 Å². The molecule has 0 radical (unpaired) electrons. The van der Waals surface area contributed by atoms with E-state index in [1.165, 1.54) is 50.5 Å². The van der Waals surface area contributed by atoms with E-state index in [4.69, 9.17) is 4.74 Å². The van der Waals surface area contributed by atoms with Crippen LogP contribution in [0.3, 0.4) is 0 Å². The fraction of sp³-hybridized carbons (Fsp3) is 0.714. The summed E-state index contributed by atoms with van der Waals surface area (Å²) in [5.74, 6) is 3.65. The van der Waals surface area contributed by atoms with Gasteiger partial charge in [-0.05, 0) is 62.4 Å². The van der Waals surface area contributed by atoms with E-state index in [-0.39, 0.29) is 18.5 Å². The summed E-state index contributed by atoms with van der Waals surface area (Å²) in [5, 5.41) is 0. The molecule has 0 bridgehead atoms. The molecule has 0 heterocycles. The van der Waals surface area contributed by atoms with Crippen LogP contribution < -0.4 is 0 Å². The largest absolute Gasteiger partial charge is 0.412 e. The second-order valence-electron chi connectivity index (χ2n) is 8.98. The van der Waals surface area contributed by atoms with E-state index in [0.29, 0.717) is 17.8 Å². The summed E-state index contributed by atoms with van der Waals surface area (Å²) >= 11 is 0. The summed E-state index contributed by atoms with van der Waals surface area (Å²) in [6.45, 7) is 13.2. The molecule has 0 aromatic heterocycles. The summed E-state index contributed by atoms with van der Waals surface area (Å²) in [5.41, 5.74) is 7.61. The van der Waals surface area contributed by atoms with Crippen LogP contribution in [0.25, 0.3) is 0 Å². The molecule has 2 N–H and O–H groups in total. The van der Waals surface area contributed by atoms with Crippen molar-refractivity contribution < 1.29 is 10.2 Å². The van der Waals surface area contributed by atoms with Crippen molar-refractivity contribution in [1.82, 2.24) is 0 Å². The minimum Gasteiger partial charge on any atom is -0.412 e. The van der Waals surface area contributed by atoms with Gasteiger partial charge in [0, 0.05) is 18.6 Å². The van der Waals surface area contributed by atoms with E-state index < -0.39 is 0 Å². The molecule has 6 unspecified atom stereocenters. The van der Waals surface area contributed by atoms with Crippen molar-refractivity contribution >= 4 is 0 Å². The standard InChI is InChI=1S/C23H32O.C4H10.CH4.H2O/c1-5-10-18-14-15-20(18)19(6-2)22-21(23(22,3)24-4)16-13-17-11-8-7-9-12-17;1-3-4-2;;/h6-8,11,18-22H,2,5,10,13-16H2,1,3-4H3;3-4H2,1-2H3;1H4;1H2. The quantitative estimate of drug-likeness (QED) is 0.269. The summed E-state index contributed by atoms with van der Waals surface area (Å²) < 4.78 is 5.99. The van der Waals surface area contributed by atoms with E-state index in [1.54, 1.807) is 0 Å². The first kappa shape index (κ1) is 28.7. The van der Waals surface area contributed by atoms with Crippen molar-refractivity contribution in [3.05, 3.63) is 47.9 Å². The molecule has 6 atom stereocenters. The molecular formula is C28H48O2. The van der Waals surface area contributed by atoms with Crippen LogP contribution in [0.15, 0.2) is 47.9 Å². The van der Waals surface area contributed by atoms with Crippen molar-refractivity contribution in [2.45, 2.75) is 92.1 Å². The van der Waals surface area contributed by atoms with Gasteiger partial charge < -0.3 is 10.2 Å². The Balaban J connectivity index is 0.00000129. The maximum Gasteiger partial charge on any atom is 0.0720 e. The summed E-state index contributed by atoms with van der Waals surface area (Å²) in [4.78, 5) is 0. The van der Waals surface area contributed by atoms with Gasteiger partial charge in [-0.1, -0.05) is 83.6 Å². The smallest absolute Gasteiger partial charge is 0.0720 e. The maximum absolute atomic E-state index is 5.99. The molecule has 0 aromatic carbocycles. The van der Waals surface area contributed by atoms with Crippen molar-refractivity contribution in [3.8, 4) is 0 Å². The lowest BCUT2D eigenvalue weighted by molar-refractivity contribution is 0.0425. The zero-order chi connectivity index (χ0) is 20.6. The van der Waals surface area contributed by atoms with E-state index in [2.05, 4.69) is 64.0 Å². The van der Waals surface area contributed by atoms with Crippen LogP contribution in [0.5, 0.6) is 0 Å². The van der Waals surface area contributed by atoms with Crippen molar-refractivity contribution in [1.29, 1.82) is 0 Å². The van der Waals surface area contributed by atoms with Gasteiger partial charge in [0.05, 0.1) is 5.60 Å². The fourth-order valence-electron chi connectivity index (χ4n) is 5.28. The van der Waals surface area contributed by atoms with Crippen LogP contribution >= 0.6 is 0 Å². The monoisotopic (exact) mass is 416 g/mol. The SMILES string of the molecule is C.C=CC(C1CCC1CCC)C1C(CCC2=C=C=CC=C2)C1(C)OC.CCCC.O. The summed E-state index contributed by atoms with van der Waals surface area (Å²) in [6, 6.07) is 0. The van der Waals surface area contributed by atoms with Gasteiger partial charge in [0.15, 0.2) is 0 Å². The van der Waals surface area contributed by atoms with Gasteiger partial charge in [-0.3, -0.25) is 0 Å². The van der Waals surface area contributed by atoms with E-state index >= 15 is 0 Å². The zero-order valence-electron chi connectivity index (χ0n) is 19.5. The topological polar surface area (TPSA) is 40.7 Å². The molecule has 30 heavy (non-hydrogen) atoms. The number of ether oxygens (including phenoxy) is 1. The van der Waals surface area contributed by atoms with Crippen LogP contribution in [0.2, 0.25) is 0 Å². The first-order valence-corrected chi connectivity index (χ1v) is 11.6. The van der Waals surface area contributed by atoms with Gasteiger partial charge in [0.2, 0.25) is 0 Å². The van der Waals surface area contributed by atoms with E-state index in [0.717, 1.165) is 18.3 Å². The minimum atomic E-state index is 0. The van der Waals surface area contributed by atoms with Crippen LogP contribution in [0.1, 0.15) is 86.5 Å². The third kappa shape index (κ3) is 6.60. The zero-order valence-corrected chi connectivity index (χ0v) is 19.5. The third-order valence-electron chi connectivity index (χ3n) is 7.41. The highest BCUT2D eigenvalue weighted by Crippen LogP contribution is 2.63. The first-order valence-electron chi connectivity index (χ1n) is 11.6. The summed E-state index contributed by atoms with van der Waals surface area (Å²) in [6.07, 6.45) is 18.8. The van der Waals surface area contributed by atoms with Gasteiger partial charge in [0.25, 0.3) is 0 Å². The van der Waals surface area contributed by atoms with Crippen LogP contribution in [0.4, 0.5) is 0 Å². The molecule has 3 aliphatic carbocycles. The number of hydrogen-bond acceptors (Lipinski definition) is 1. The Bertz CT molecular complexity index is 631. The average Bonchev–Trinajstić information content (AvgIpc) is 3.32. The van der Waals surface area contributed by atoms with Gasteiger partial charge in [-0.25, -0.2) is 0 Å². The molecule has 2 saturated carbocycles. The molecule has 0 aliphatic heterocycles.